The fourth-order valence-electron chi connectivity index (χ4n) is 0.855. The fourth-order valence-corrected chi connectivity index (χ4v) is 1.41. The van der Waals surface area contributed by atoms with Crippen LogP contribution in [-0.4, -0.2) is 13.3 Å². The van der Waals surface area contributed by atoms with Gasteiger partial charge in [-0.1, -0.05) is 41.4 Å². The van der Waals surface area contributed by atoms with E-state index in [0.29, 0.717) is 10.6 Å². The minimum Gasteiger partial charge on any atom is -0.438 e. The van der Waals surface area contributed by atoms with E-state index in [4.69, 9.17) is 23.2 Å². The second-order valence-electron chi connectivity index (χ2n) is 2.41. The van der Waals surface area contributed by atoms with E-state index in [9.17, 15) is 4.79 Å². The van der Waals surface area contributed by atoms with Crippen molar-refractivity contribution < 1.29 is 14.3 Å². The summed E-state index contributed by atoms with van der Waals surface area (Å²) in [7, 11) is 1.21. The average molecular weight is 235 g/mol. The third kappa shape index (κ3) is 2.79. The van der Waals surface area contributed by atoms with Gasteiger partial charge in [-0.25, -0.2) is 4.79 Å². The van der Waals surface area contributed by atoms with Gasteiger partial charge >= 0.3 is 6.16 Å². The lowest BCUT2D eigenvalue weighted by atomic mass is 10.2. The molecule has 5 heteroatoms. The van der Waals surface area contributed by atoms with Crippen LogP contribution in [0.2, 0.25) is 5.02 Å². The SMILES string of the molecule is COC(=O)O[C@@H](Cl)c1ccccc1Cl. The molecule has 0 bridgehead atoms. The zero-order valence-corrected chi connectivity index (χ0v) is 8.88. The summed E-state index contributed by atoms with van der Waals surface area (Å²) in [6.45, 7) is 0. The Balaban J connectivity index is 2.74. The predicted octanol–water partition coefficient (Wildman–Crippen LogP) is 3.36. The average Bonchev–Trinajstić information content (AvgIpc) is 2.18. The van der Waals surface area contributed by atoms with Crippen molar-refractivity contribution in [2.75, 3.05) is 7.11 Å². The quantitative estimate of drug-likeness (QED) is 0.582. The molecule has 1 aromatic carbocycles. The van der Waals surface area contributed by atoms with E-state index in [0.717, 1.165) is 0 Å². The topological polar surface area (TPSA) is 35.5 Å². The molecule has 0 spiro atoms. The first-order chi connectivity index (χ1) is 6.65. The Hall–Kier alpha value is -0.930. The molecule has 0 aromatic heterocycles. The highest BCUT2D eigenvalue weighted by Gasteiger charge is 2.16. The molecule has 0 saturated heterocycles. The van der Waals surface area contributed by atoms with Crippen LogP contribution in [0.4, 0.5) is 4.79 Å². The normalized spacial score (nSPS) is 11.9. The van der Waals surface area contributed by atoms with E-state index in [1.807, 2.05) is 0 Å². The number of carbonyl (C=O) groups is 1. The monoisotopic (exact) mass is 234 g/mol. The van der Waals surface area contributed by atoms with Crippen LogP contribution in [0.5, 0.6) is 0 Å². The third-order valence-corrected chi connectivity index (χ3v) is 2.18. The highest BCUT2D eigenvalue weighted by molar-refractivity contribution is 6.32. The molecule has 0 N–H and O–H groups in total. The van der Waals surface area contributed by atoms with Crippen molar-refractivity contribution in [1.82, 2.24) is 0 Å². The van der Waals surface area contributed by atoms with Gasteiger partial charge in [-0.05, 0) is 6.07 Å². The number of rotatable bonds is 2. The van der Waals surface area contributed by atoms with Gasteiger partial charge < -0.3 is 9.47 Å². The summed E-state index contributed by atoms with van der Waals surface area (Å²) < 4.78 is 8.98. The summed E-state index contributed by atoms with van der Waals surface area (Å²) >= 11 is 11.6. The molecule has 0 aliphatic carbocycles. The van der Waals surface area contributed by atoms with Crippen molar-refractivity contribution in [3.05, 3.63) is 34.9 Å². The number of alkyl halides is 1. The maximum Gasteiger partial charge on any atom is 0.509 e. The highest BCUT2D eigenvalue weighted by atomic mass is 35.5. The van der Waals surface area contributed by atoms with E-state index in [-0.39, 0.29) is 0 Å². The van der Waals surface area contributed by atoms with Crippen LogP contribution in [0, 0.1) is 0 Å². The Morgan fingerprint density at radius 3 is 2.64 bits per heavy atom. The van der Waals surface area contributed by atoms with Crippen molar-refractivity contribution in [3.8, 4) is 0 Å². The van der Waals surface area contributed by atoms with Gasteiger partial charge in [0.05, 0.1) is 7.11 Å². The molecule has 3 nitrogen and oxygen atoms in total. The molecule has 1 atom stereocenters. The molecule has 14 heavy (non-hydrogen) atoms. The van der Waals surface area contributed by atoms with Gasteiger partial charge in [-0.15, -0.1) is 0 Å². The van der Waals surface area contributed by atoms with Crippen LogP contribution in [-0.2, 0) is 9.47 Å². The molecule has 1 rings (SSSR count). The lowest BCUT2D eigenvalue weighted by molar-refractivity contribution is 0.0619. The van der Waals surface area contributed by atoms with E-state index < -0.39 is 11.7 Å². The molecule has 1 aromatic rings. The summed E-state index contributed by atoms with van der Waals surface area (Å²) in [5.74, 6) is 0. The van der Waals surface area contributed by atoms with Gasteiger partial charge in [0.15, 0.2) is 0 Å². The van der Waals surface area contributed by atoms with Crippen molar-refractivity contribution in [3.63, 3.8) is 0 Å². The number of methoxy groups -OCH3 is 1. The molecule has 0 aliphatic rings. The molecule has 0 radical (unpaired) electrons. The van der Waals surface area contributed by atoms with Crippen LogP contribution in [0.25, 0.3) is 0 Å². The Bertz CT molecular complexity index is 328. The summed E-state index contributed by atoms with van der Waals surface area (Å²) in [5, 5.41) is 0.441. The molecular formula is C9H8Cl2O3. The number of hydrogen-bond acceptors (Lipinski definition) is 3. The van der Waals surface area contributed by atoms with Crippen LogP contribution >= 0.6 is 23.2 Å². The molecule has 0 fully saturated rings. The first-order valence-corrected chi connectivity index (χ1v) is 4.59. The van der Waals surface area contributed by atoms with Crippen LogP contribution in [0.1, 0.15) is 11.1 Å². The lowest BCUT2D eigenvalue weighted by Crippen LogP contribution is -2.07. The second-order valence-corrected chi connectivity index (χ2v) is 3.21. The molecule has 0 unspecified atom stereocenters. The number of benzene rings is 1. The zero-order valence-electron chi connectivity index (χ0n) is 7.37. The van der Waals surface area contributed by atoms with Crippen molar-refractivity contribution >= 4 is 29.4 Å². The number of ether oxygens (including phenoxy) is 2. The van der Waals surface area contributed by atoms with Gasteiger partial charge in [0.25, 0.3) is 0 Å². The van der Waals surface area contributed by atoms with Crippen molar-refractivity contribution in [1.29, 1.82) is 0 Å². The van der Waals surface area contributed by atoms with E-state index in [1.54, 1.807) is 24.3 Å². The van der Waals surface area contributed by atoms with Gasteiger partial charge in [-0.3, -0.25) is 0 Å². The minimum atomic E-state index is -0.934. The van der Waals surface area contributed by atoms with Gasteiger partial charge in [0, 0.05) is 10.6 Å². The summed E-state index contributed by atoms with van der Waals surface area (Å²) in [5.41, 5.74) is -0.405. The Morgan fingerprint density at radius 2 is 2.07 bits per heavy atom. The standard InChI is InChI=1S/C9H8Cl2O3/c1-13-9(12)14-8(11)6-4-2-3-5-7(6)10/h2-5,8H,1H3/t8-/m1/s1. The Kier molecular flexibility index (Phi) is 4.04. The number of halogens is 2. The Morgan fingerprint density at radius 1 is 1.43 bits per heavy atom. The molecular weight excluding hydrogens is 227 g/mol. The first-order valence-electron chi connectivity index (χ1n) is 3.78. The number of hydrogen-bond donors (Lipinski definition) is 0. The third-order valence-electron chi connectivity index (χ3n) is 1.52. The molecule has 76 valence electrons. The number of carbonyl (C=O) groups excluding carboxylic acids is 1. The van der Waals surface area contributed by atoms with Crippen molar-refractivity contribution in [2.24, 2.45) is 0 Å². The molecule has 0 saturated carbocycles. The highest BCUT2D eigenvalue weighted by Crippen LogP contribution is 2.28. The van der Waals surface area contributed by atoms with Crippen molar-refractivity contribution in [2.45, 2.75) is 5.56 Å². The van der Waals surface area contributed by atoms with Crippen LogP contribution < -0.4 is 0 Å². The maximum absolute atomic E-state index is 10.7. The maximum atomic E-state index is 10.7. The molecule has 0 heterocycles. The molecule has 0 aliphatic heterocycles. The smallest absolute Gasteiger partial charge is 0.438 e. The fraction of sp³-hybridized carbons (Fsp3) is 0.222. The van der Waals surface area contributed by atoms with E-state index in [2.05, 4.69) is 9.47 Å². The summed E-state index contributed by atoms with van der Waals surface area (Å²) in [6, 6.07) is 6.83. The summed E-state index contributed by atoms with van der Waals surface area (Å²) in [6.07, 6.45) is -0.843. The second kappa shape index (κ2) is 5.08. The van der Waals surface area contributed by atoms with E-state index in [1.165, 1.54) is 7.11 Å². The minimum absolute atomic E-state index is 0.441. The first kappa shape index (κ1) is 11.1. The van der Waals surface area contributed by atoms with Crippen LogP contribution in [0.15, 0.2) is 24.3 Å². The zero-order chi connectivity index (χ0) is 10.6. The van der Waals surface area contributed by atoms with Gasteiger partial charge in [0.1, 0.15) is 0 Å². The van der Waals surface area contributed by atoms with E-state index >= 15 is 0 Å². The predicted molar refractivity (Wildman–Crippen MR) is 53.5 cm³/mol. The summed E-state index contributed by atoms with van der Waals surface area (Å²) in [4.78, 5) is 10.7. The largest absolute Gasteiger partial charge is 0.509 e. The van der Waals surface area contributed by atoms with Gasteiger partial charge in [-0.2, -0.15) is 0 Å². The van der Waals surface area contributed by atoms with Crippen LogP contribution in [0.3, 0.4) is 0 Å². The Labute approximate surface area is 91.5 Å². The lowest BCUT2D eigenvalue weighted by Gasteiger charge is -2.11. The van der Waals surface area contributed by atoms with Gasteiger partial charge in [0.2, 0.25) is 5.56 Å². The molecule has 0 amide bonds.